The molecule has 2 aromatic rings. The smallest absolute Gasteiger partial charge is 0.250 e. The second-order valence-electron chi connectivity index (χ2n) is 5.62. The van der Waals surface area contributed by atoms with Gasteiger partial charge in [0, 0.05) is 5.54 Å². The second kappa shape index (κ2) is 7.37. The lowest BCUT2D eigenvalue weighted by molar-refractivity contribution is 0.365. The van der Waals surface area contributed by atoms with E-state index in [2.05, 4.69) is 16.9 Å². The maximum atomic E-state index is 12.5. The van der Waals surface area contributed by atoms with Crippen LogP contribution in [-0.4, -0.2) is 20.5 Å². The number of sulfonamides is 1. The van der Waals surface area contributed by atoms with Gasteiger partial charge in [-0.25, -0.2) is 13.1 Å². The van der Waals surface area contributed by atoms with Crippen molar-refractivity contribution >= 4 is 21.4 Å². The molecule has 0 aliphatic carbocycles. The van der Waals surface area contributed by atoms with Crippen molar-refractivity contribution in [3.8, 4) is 0 Å². The fourth-order valence-corrected chi connectivity index (χ4v) is 4.86. The summed E-state index contributed by atoms with van der Waals surface area (Å²) in [5, 5.41) is 1.76. The Bertz CT molecular complexity index is 669. The number of nitrogens with one attached hydrogen (secondary N) is 1. The highest BCUT2D eigenvalue weighted by atomic mass is 32.2. The van der Waals surface area contributed by atoms with E-state index in [1.54, 1.807) is 17.5 Å². The van der Waals surface area contributed by atoms with Gasteiger partial charge >= 0.3 is 0 Å². The SMILES string of the molecule is CC(CCN)(CCc1ccccc1)NS(=O)(=O)c1cccs1. The van der Waals surface area contributed by atoms with E-state index in [1.165, 1.54) is 16.9 Å². The van der Waals surface area contributed by atoms with Crippen molar-refractivity contribution in [1.82, 2.24) is 4.72 Å². The van der Waals surface area contributed by atoms with Crippen LogP contribution in [0.2, 0.25) is 0 Å². The molecule has 6 heteroatoms. The molecule has 0 spiro atoms. The topological polar surface area (TPSA) is 72.2 Å². The Morgan fingerprint density at radius 1 is 1.14 bits per heavy atom. The van der Waals surface area contributed by atoms with Gasteiger partial charge in [0.1, 0.15) is 4.21 Å². The zero-order valence-electron chi connectivity index (χ0n) is 12.7. The minimum Gasteiger partial charge on any atom is -0.330 e. The van der Waals surface area contributed by atoms with Crippen LogP contribution in [0.1, 0.15) is 25.3 Å². The summed E-state index contributed by atoms with van der Waals surface area (Å²) in [5.41, 5.74) is 6.34. The normalized spacial score (nSPS) is 14.6. The van der Waals surface area contributed by atoms with Gasteiger partial charge in [0.25, 0.3) is 10.0 Å². The van der Waals surface area contributed by atoms with Gasteiger partial charge in [0.15, 0.2) is 0 Å². The fourth-order valence-electron chi connectivity index (χ4n) is 2.40. The van der Waals surface area contributed by atoms with Crippen LogP contribution >= 0.6 is 11.3 Å². The van der Waals surface area contributed by atoms with Crippen molar-refractivity contribution in [2.24, 2.45) is 5.73 Å². The molecule has 0 fully saturated rings. The number of aryl methyl sites for hydroxylation is 1. The minimum absolute atomic E-state index is 0.343. The molecule has 1 aromatic carbocycles. The molecule has 1 unspecified atom stereocenters. The van der Waals surface area contributed by atoms with E-state index in [4.69, 9.17) is 5.73 Å². The second-order valence-corrected chi connectivity index (χ2v) is 8.48. The number of hydrogen-bond donors (Lipinski definition) is 2. The Morgan fingerprint density at radius 2 is 1.86 bits per heavy atom. The molecule has 0 radical (unpaired) electrons. The van der Waals surface area contributed by atoms with Crippen molar-refractivity contribution in [3.63, 3.8) is 0 Å². The lowest BCUT2D eigenvalue weighted by Gasteiger charge is -2.30. The summed E-state index contributed by atoms with van der Waals surface area (Å²) in [6.07, 6.45) is 2.12. The number of hydrogen-bond acceptors (Lipinski definition) is 4. The average molecular weight is 338 g/mol. The molecule has 1 heterocycles. The fraction of sp³-hybridized carbons (Fsp3) is 0.375. The molecule has 3 N–H and O–H groups in total. The first-order chi connectivity index (χ1) is 10.5. The van der Waals surface area contributed by atoms with E-state index in [-0.39, 0.29) is 0 Å². The minimum atomic E-state index is -3.49. The van der Waals surface area contributed by atoms with E-state index >= 15 is 0 Å². The summed E-state index contributed by atoms with van der Waals surface area (Å²) in [6.45, 7) is 2.37. The molecule has 22 heavy (non-hydrogen) atoms. The highest BCUT2D eigenvalue weighted by Gasteiger charge is 2.30. The predicted molar refractivity (Wildman–Crippen MR) is 91.5 cm³/mol. The Hall–Kier alpha value is -1.21. The maximum absolute atomic E-state index is 12.5. The highest BCUT2D eigenvalue weighted by molar-refractivity contribution is 7.91. The molecule has 1 aromatic heterocycles. The summed E-state index contributed by atoms with van der Waals surface area (Å²) in [7, 11) is -3.49. The molecule has 0 aliphatic rings. The van der Waals surface area contributed by atoms with Gasteiger partial charge in [-0.3, -0.25) is 0 Å². The van der Waals surface area contributed by atoms with Crippen LogP contribution in [-0.2, 0) is 16.4 Å². The van der Waals surface area contributed by atoms with Gasteiger partial charge < -0.3 is 5.73 Å². The Balaban J connectivity index is 2.10. The molecule has 120 valence electrons. The van der Waals surface area contributed by atoms with Gasteiger partial charge in [0.2, 0.25) is 0 Å². The van der Waals surface area contributed by atoms with Crippen LogP contribution in [0.4, 0.5) is 0 Å². The molecule has 0 saturated heterocycles. The Labute approximate surface area is 136 Å². The van der Waals surface area contributed by atoms with E-state index in [0.717, 1.165) is 6.42 Å². The van der Waals surface area contributed by atoms with Crippen molar-refractivity contribution in [2.75, 3.05) is 6.54 Å². The van der Waals surface area contributed by atoms with E-state index in [1.807, 2.05) is 25.1 Å². The van der Waals surface area contributed by atoms with Gasteiger partial charge in [0.05, 0.1) is 0 Å². The van der Waals surface area contributed by atoms with Crippen LogP contribution in [0.25, 0.3) is 0 Å². The van der Waals surface area contributed by atoms with Crippen molar-refractivity contribution in [2.45, 2.75) is 35.9 Å². The first-order valence-corrected chi connectivity index (χ1v) is 9.63. The van der Waals surface area contributed by atoms with Gasteiger partial charge in [-0.1, -0.05) is 36.4 Å². The van der Waals surface area contributed by atoms with Gasteiger partial charge in [-0.2, -0.15) is 0 Å². The molecule has 0 amide bonds. The number of rotatable bonds is 8. The third-order valence-corrected chi connectivity index (χ3v) is 6.68. The quantitative estimate of drug-likeness (QED) is 0.777. The van der Waals surface area contributed by atoms with Crippen LogP contribution in [0.5, 0.6) is 0 Å². The lowest BCUT2D eigenvalue weighted by atomic mass is 9.91. The zero-order valence-corrected chi connectivity index (χ0v) is 14.3. The molecule has 0 bridgehead atoms. The lowest BCUT2D eigenvalue weighted by Crippen LogP contribution is -2.47. The maximum Gasteiger partial charge on any atom is 0.250 e. The van der Waals surface area contributed by atoms with E-state index in [9.17, 15) is 8.42 Å². The van der Waals surface area contributed by atoms with E-state index < -0.39 is 15.6 Å². The van der Waals surface area contributed by atoms with Gasteiger partial charge in [-0.15, -0.1) is 11.3 Å². The third kappa shape index (κ3) is 4.64. The molecule has 2 rings (SSSR count). The van der Waals surface area contributed by atoms with E-state index in [0.29, 0.717) is 23.6 Å². The molecule has 0 saturated carbocycles. The predicted octanol–water partition coefficient (Wildman–Crippen LogP) is 2.77. The van der Waals surface area contributed by atoms with Crippen molar-refractivity contribution in [1.29, 1.82) is 0 Å². The monoisotopic (exact) mass is 338 g/mol. The molecule has 0 aliphatic heterocycles. The van der Waals surface area contributed by atoms with Crippen molar-refractivity contribution < 1.29 is 8.42 Å². The zero-order chi connectivity index (χ0) is 16.1. The first-order valence-electron chi connectivity index (χ1n) is 7.27. The average Bonchev–Trinajstić information content (AvgIpc) is 3.01. The summed E-state index contributed by atoms with van der Waals surface area (Å²) < 4.78 is 28.1. The standard InChI is InChI=1S/C16H22N2O2S2/c1-16(11-12-17,10-9-14-6-3-2-4-7-14)18-22(19,20)15-8-5-13-21-15/h2-8,13,18H,9-12,17H2,1H3. The van der Waals surface area contributed by atoms with Gasteiger partial charge in [-0.05, 0) is 49.7 Å². The van der Waals surface area contributed by atoms with Crippen LogP contribution in [0.3, 0.4) is 0 Å². The highest BCUT2D eigenvalue weighted by Crippen LogP contribution is 2.23. The number of nitrogens with two attached hydrogens (primary N) is 1. The summed E-state index contributed by atoms with van der Waals surface area (Å²) in [4.78, 5) is 0. The Kier molecular flexibility index (Phi) is 5.74. The molecule has 1 atom stereocenters. The Morgan fingerprint density at radius 3 is 2.45 bits per heavy atom. The molecular weight excluding hydrogens is 316 g/mol. The third-order valence-electron chi connectivity index (χ3n) is 3.65. The van der Waals surface area contributed by atoms with Crippen LogP contribution in [0.15, 0.2) is 52.1 Å². The summed E-state index contributed by atoms with van der Waals surface area (Å²) >= 11 is 1.22. The molecule has 4 nitrogen and oxygen atoms in total. The van der Waals surface area contributed by atoms with Crippen molar-refractivity contribution in [3.05, 3.63) is 53.4 Å². The first kappa shape index (κ1) is 17.1. The van der Waals surface area contributed by atoms with Crippen LogP contribution < -0.4 is 10.5 Å². The molecular formula is C16H22N2O2S2. The summed E-state index contributed by atoms with van der Waals surface area (Å²) in [6, 6.07) is 13.4. The van der Waals surface area contributed by atoms with Crippen LogP contribution in [0, 0.1) is 0 Å². The largest absolute Gasteiger partial charge is 0.330 e. The number of benzene rings is 1. The summed E-state index contributed by atoms with van der Waals surface area (Å²) in [5.74, 6) is 0. The number of thiophene rings is 1.